The molecule has 5 heteroatoms. The van der Waals surface area contributed by atoms with Crippen molar-refractivity contribution in [3.8, 4) is 0 Å². The van der Waals surface area contributed by atoms with E-state index >= 15 is 0 Å². The zero-order valence-corrected chi connectivity index (χ0v) is 10.5. The summed E-state index contributed by atoms with van der Waals surface area (Å²) in [5.41, 5.74) is 0. The number of hydrogen-bond acceptors (Lipinski definition) is 3. The summed E-state index contributed by atoms with van der Waals surface area (Å²) in [6, 6.07) is 0. The van der Waals surface area contributed by atoms with E-state index in [4.69, 9.17) is 5.14 Å². The third-order valence-electron chi connectivity index (χ3n) is 2.85. The molecule has 1 heterocycles. The number of piperidine rings is 1. The molecule has 4 nitrogen and oxygen atoms in total. The number of nitrogens with zero attached hydrogens (tertiary/aromatic N) is 1. The van der Waals surface area contributed by atoms with Gasteiger partial charge in [0.15, 0.2) is 0 Å². The maximum Gasteiger partial charge on any atom is 0.209 e. The van der Waals surface area contributed by atoms with Crippen molar-refractivity contribution >= 4 is 10.0 Å². The molecule has 1 rings (SSSR count). The SMILES string of the molecule is CC1CC(C)CN(CCCS(N)(=O)=O)C1. The lowest BCUT2D eigenvalue weighted by atomic mass is 9.92. The second-order valence-corrected chi connectivity index (χ2v) is 6.66. The van der Waals surface area contributed by atoms with Gasteiger partial charge in [0.2, 0.25) is 10.0 Å². The van der Waals surface area contributed by atoms with Crippen molar-refractivity contribution in [3.05, 3.63) is 0 Å². The molecule has 0 saturated carbocycles. The van der Waals surface area contributed by atoms with Crippen LogP contribution in [0.25, 0.3) is 0 Å². The van der Waals surface area contributed by atoms with Gasteiger partial charge in [-0.3, -0.25) is 0 Å². The summed E-state index contributed by atoms with van der Waals surface area (Å²) in [4.78, 5) is 2.35. The molecular weight excluding hydrogens is 212 g/mol. The molecule has 0 aromatic heterocycles. The van der Waals surface area contributed by atoms with Gasteiger partial charge in [-0.2, -0.15) is 0 Å². The van der Waals surface area contributed by atoms with E-state index in [0.717, 1.165) is 31.5 Å². The van der Waals surface area contributed by atoms with Gasteiger partial charge in [-0.1, -0.05) is 13.8 Å². The zero-order chi connectivity index (χ0) is 11.5. The molecule has 2 N–H and O–H groups in total. The lowest BCUT2D eigenvalue weighted by molar-refractivity contribution is 0.141. The van der Waals surface area contributed by atoms with Crippen LogP contribution in [0.15, 0.2) is 0 Å². The van der Waals surface area contributed by atoms with E-state index in [1.165, 1.54) is 6.42 Å². The van der Waals surface area contributed by atoms with Crippen molar-refractivity contribution in [2.45, 2.75) is 26.7 Å². The van der Waals surface area contributed by atoms with E-state index in [1.807, 2.05) is 0 Å². The van der Waals surface area contributed by atoms with Crippen LogP contribution in [0, 0.1) is 11.8 Å². The fourth-order valence-corrected chi connectivity index (χ4v) is 3.00. The standard InChI is InChI=1S/C10H22N2O2S/c1-9-6-10(2)8-12(7-9)4-3-5-15(11,13)14/h9-10H,3-8H2,1-2H3,(H2,11,13,14). The number of nitrogens with two attached hydrogens (primary N) is 1. The summed E-state index contributed by atoms with van der Waals surface area (Å²) in [5.74, 6) is 1.55. The molecular formula is C10H22N2O2S. The van der Waals surface area contributed by atoms with E-state index in [0.29, 0.717) is 6.42 Å². The van der Waals surface area contributed by atoms with E-state index < -0.39 is 10.0 Å². The lowest BCUT2D eigenvalue weighted by Crippen LogP contribution is -2.39. The first-order chi connectivity index (χ1) is 6.87. The minimum absolute atomic E-state index is 0.103. The van der Waals surface area contributed by atoms with Gasteiger partial charge in [0.1, 0.15) is 0 Å². The Hall–Kier alpha value is -0.130. The third kappa shape index (κ3) is 5.49. The van der Waals surface area contributed by atoms with Gasteiger partial charge in [-0.25, -0.2) is 13.6 Å². The quantitative estimate of drug-likeness (QED) is 0.776. The second kappa shape index (κ2) is 5.27. The first kappa shape index (κ1) is 12.9. The van der Waals surface area contributed by atoms with Crippen LogP contribution in [-0.2, 0) is 10.0 Å². The van der Waals surface area contributed by atoms with Gasteiger partial charge in [0.05, 0.1) is 5.75 Å². The van der Waals surface area contributed by atoms with Crippen molar-refractivity contribution in [1.29, 1.82) is 0 Å². The van der Waals surface area contributed by atoms with Crippen LogP contribution in [0.5, 0.6) is 0 Å². The van der Waals surface area contributed by atoms with Gasteiger partial charge < -0.3 is 4.90 Å². The molecule has 2 unspecified atom stereocenters. The molecule has 1 aliphatic heterocycles. The fraction of sp³-hybridized carbons (Fsp3) is 1.00. The predicted octanol–water partition coefficient (Wildman–Crippen LogP) is 0.643. The van der Waals surface area contributed by atoms with Crippen molar-refractivity contribution in [2.75, 3.05) is 25.4 Å². The highest BCUT2D eigenvalue weighted by atomic mass is 32.2. The maximum absolute atomic E-state index is 10.8. The Bertz CT molecular complexity index is 280. The molecule has 2 atom stereocenters. The average molecular weight is 234 g/mol. The van der Waals surface area contributed by atoms with Gasteiger partial charge in [-0.05, 0) is 31.2 Å². The molecule has 90 valence electrons. The molecule has 0 aliphatic carbocycles. The zero-order valence-electron chi connectivity index (χ0n) is 9.65. The van der Waals surface area contributed by atoms with E-state index in [2.05, 4.69) is 18.7 Å². The number of rotatable bonds is 4. The predicted molar refractivity (Wildman–Crippen MR) is 62.0 cm³/mol. The van der Waals surface area contributed by atoms with Crippen LogP contribution in [0.2, 0.25) is 0 Å². The molecule has 0 aromatic carbocycles. The molecule has 1 fully saturated rings. The van der Waals surface area contributed by atoms with Gasteiger partial charge in [0.25, 0.3) is 0 Å². The van der Waals surface area contributed by atoms with E-state index in [-0.39, 0.29) is 5.75 Å². The Morgan fingerprint density at radius 3 is 2.27 bits per heavy atom. The van der Waals surface area contributed by atoms with Crippen molar-refractivity contribution in [2.24, 2.45) is 17.0 Å². The maximum atomic E-state index is 10.8. The van der Waals surface area contributed by atoms with Crippen LogP contribution in [0.4, 0.5) is 0 Å². The first-order valence-corrected chi connectivity index (χ1v) is 7.31. The minimum Gasteiger partial charge on any atom is -0.303 e. The number of likely N-dealkylation sites (tertiary alicyclic amines) is 1. The van der Waals surface area contributed by atoms with Crippen molar-refractivity contribution in [1.82, 2.24) is 4.90 Å². The fourth-order valence-electron chi connectivity index (χ4n) is 2.46. The van der Waals surface area contributed by atoms with Crippen LogP contribution < -0.4 is 5.14 Å². The van der Waals surface area contributed by atoms with Crippen molar-refractivity contribution < 1.29 is 8.42 Å². The molecule has 0 aromatic rings. The minimum atomic E-state index is -3.28. The summed E-state index contributed by atoms with van der Waals surface area (Å²) in [6.45, 7) is 7.54. The summed E-state index contributed by atoms with van der Waals surface area (Å²) >= 11 is 0. The third-order valence-corrected chi connectivity index (χ3v) is 3.71. The highest BCUT2D eigenvalue weighted by molar-refractivity contribution is 7.89. The Kier molecular flexibility index (Phi) is 4.55. The smallest absolute Gasteiger partial charge is 0.209 e. The highest BCUT2D eigenvalue weighted by Crippen LogP contribution is 2.20. The van der Waals surface area contributed by atoms with E-state index in [9.17, 15) is 8.42 Å². The lowest BCUT2D eigenvalue weighted by Gasteiger charge is -2.34. The Morgan fingerprint density at radius 2 is 1.80 bits per heavy atom. The summed E-state index contributed by atoms with van der Waals surface area (Å²) in [5, 5.41) is 4.96. The molecule has 0 bridgehead atoms. The Morgan fingerprint density at radius 1 is 1.27 bits per heavy atom. The molecule has 1 saturated heterocycles. The summed E-state index contributed by atoms with van der Waals surface area (Å²) in [6.07, 6.45) is 1.93. The van der Waals surface area contributed by atoms with Crippen LogP contribution in [-0.4, -0.2) is 38.7 Å². The van der Waals surface area contributed by atoms with Crippen molar-refractivity contribution in [3.63, 3.8) is 0 Å². The Balaban J connectivity index is 2.26. The summed E-state index contributed by atoms with van der Waals surface area (Å²) < 4.78 is 21.5. The molecule has 1 aliphatic rings. The normalized spacial score (nSPS) is 29.3. The first-order valence-electron chi connectivity index (χ1n) is 5.59. The van der Waals surface area contributed by atoms with Crippen LogP contribution >= 0.6 is 0 Å². The molecule has 15 heavy (non-hydrogen) atoms. The molecule has 0 radical (unpaired) electrons. The highest BCUT2D eigenvalue weighted by Gasteiger charge is 2.21. The van der Waals surface area contributed by atoms with Crippen LogP contribution in [0.1, 0.15) is 26.7 Å². The Labute approximate surface area is 92.9 Å². The number of sulfonamides is 1. The summed E-state index contributed by atoms with van der Waals surface area (Å²) in [7, 11) is -3.28. The molecule has 0 amide bonds. The van der Waals surface area contributed by atoms with Gasteiger partial charge in [-0.15, -0.1) is 0 Å². The topological polar surface area (TPSA) is 63.4 Å². The average Bonchev–Trinajstić information content (AvgIpc) is 1.99. The largest absolute Gasteiger partial charge is 0.303 e. The second-order valence-electron chi connectivity index (χ2n) is 4.93. The van der Waals surface area contributed by atoms with Gasteiger partial charge >= 0.3 is 0 Å². The number of hydrogen-bond donors (Lipinski definition) is 1. The molecule has 0 spiro atoms. The monoisotopic (exact) mass is 234 g/mol. The van der Waals surface area contributed by atoms with Gasteiger partial charge in [0, 0.05) is 13.1 Å². The number of primary sulfonamides is 1. The van der Waals surface area contributed by atoms with Crippen LogP contribution in [0.3, 0.4) is 0 Å². The van der Waals surface area contributed by atoms with E-state index in [1.54, 1.807) is 0 Å².